The van der Waals surface area contributed by atoms with Gasteiger partial charge in [0, 0.05) is 32.7 Å². The summed E-state index contributed by atoms with van der Waals surface area (Å²) in [6.07, 6.45) is 0.936. The monoisotopic (exact) mass is 314 g/mol. The summed E-state index contributed by atoms with van der Waals surface area (Å²) in [5.74, 6) is -0.101. The van der Waals surface area contributed by atoms with Crippen molar-refractivity contribution in [3.8, 4) is 0 Å². The summed E-state index contributed by atoms with van der Waals surface area (Å²) in [6.45, 7) is 11.8. The van der Waals surface area contributed by atoms with Gasteiger partial charge in [0.1, 0.15) is 0 Å². The lowest BCUT2D eigenvalue weighted by atomic mass is 9.97. The highest BCUT2D eigenvalue weighted by Crippen LogP contribution is 2.15. The van der Waals surface area contributed by atoms with Crippen molar-refractivity contribution in [3.05, 3.63) is 0 Å². The Morgan fingerprint density at radius 3 is 2.11 bits per heavy atom. The van der Waals surface area contributed by atoms with Crippen LogP contribution in [0.3, 0.4) is 0 Å². The van der Waals surface area contributed by atoms with Gasteiger partial charge in [0.15, 0.2) is 0 Å². The van der Waals surface area contributed by atoms with E-state index in [1.54, 1.807) is 0 Å². The van der Waals surface area contributed by atoms with Crippen LogP contribution in [0.4, 0.5) is 0 Å². The van der Waals surface area contributed by atoms with Crippen molar-refractivity contribution in [1.82, 2.24) is 9.80 Å². The Labute approximate surface area is 129 Å². The highest BCUT2D eigenvalue weighted by Gasteiger charge is 2.22. The van der Waals surface area contributed by atoms with E-state index in [4.69, 9.17) is 4.74 Å². The van der Waals surface area contributed by atoms with Gasteiger partial charge in [-0.1, -0.05) is 0 Å². The van der Waals surface area contributed by atoms with Gasteiger partial charge in [-0.15, -0.1) is 24.8 Å². The van der Waals surface area contributed by atoms with Gasteiger partial charge in [0.05, 0.1) is 12.0 Å². The molecule has 0 unspecified atom stereocenters. The average molecular weight is 315 g/mol. The maximum absolute atomic E-state index is 11.5. The number of halogens is 2. The first-order valence-corrected chi connectivity index (χ1v) is 6.48. The molecule has 1 saturated heterocycles. The number of carbonyl (C=O) groups is 1. The van der Waals surface area contributed by atoms with Gasteiger partial charge in [-0.2, -0.15) is 0 Å². The second-order valence-corrected chi connectivity index (χ2v) is 5.88. The Bertz CT molecular complexity index is 250. The summed E-state index contributed by atoms with van der Waals surface area (Å²) in [7, 11) is 2.16. The first kappa shape index (κ1) is 21.3. The van der Waals surface area contributed by atoms with E-state index in [0.717, 1.165) is 39.1 Å². The number of nitrogens with zero attached hydrogens (tertiary/aromatic N) is 2. The molecule has 19 heavy (non-hydrogen) atoms. The lowest BCUT2D eigenvalue weighted by Gasteiger charge is -2.32. The molecular formula is C13H28Cl2N2O2. The molecule has 0 radical (unpaired) electrons. The van der Waals surface area contributed by atoms with Crippen LogP contribution in [0.25, 0.3) is 0 Å². The number of piperazine rings is 1. The predicted octanol–water partition coefficient (Wildman–Crippen LogP) is 2.06. The smallest absolute Gasteiger partial charge is 0.311 e. The number of esters is 1. The van der Waals surface area contributed by atoms with Crippen LogP contribution in [0.1, 0.15) is 27.2 Å². The lowest BCUT2D eigenvalue weighted by Crippen LogP contribution is -2.44. The molecule has 1 rings (SSSR count). The molecule has 0 aliphatic carbocycles. The molecule has 1 heterocycles. The molecule has 0 aromatic rings. The number of ether oxygens (including phenoxy) is 1. The number of rotatable bonds is 4. The van der Waals surface area contributed by atoms with Crippen LogP contribution < -0.4 is 0 Å². The summed E-state index contributed by atoms with van der Waals surface area (Å²) >= 11 is 0. The van der Waals surface area contributed by atoms with Crippen molar-refractivity contribution in [3.63, 3.8) is 0 Å². The van der Waals surface area contributed by atoms with Crippen LogP contribution in [0.15, 0.2) is 0 Å². The van der Waals surface area contributed by atoms with E-state index in [2.05, 4.69) is 16.8 Å². The van der Waals surface area contributed by atoms with E-state index in [1.807, 2.05) is 20.8 Å². The van der Waals surface area contributed by atoms with Crippen LogP contribution >= 0.6 is 24.8 Å². The highest BCUT2D eigenvalue weighted by atomic mass is 35.5. The molecule has 0 amide bonds. The number of carbonyl (C=O) groups excluding carboxylic acids is 1. The fourth-order valence-corrected chi connectivity index (χ4v) is 1.74. The minimum Gasteiger partial charge on any atom is -0.465 e. The Morgan fingerprint density at radius 1 is 1.11 bits per heavy atom. The van der Waals surface area contributed by atoms with Crippen LogP contribution in [-0.2, 0) is 9.53 Å². The summed E-state index contributed by atoms with van der Waals surface area (Å²) in [6, 6.07) is 0. The first-order valence-electron chi connectivity index (χ1n) is 6.48. The third-order valence-electron chi connectivity index (χ3n) is 3.06. The summed E-state index contributed by atoms with van der Waals surface area (Å²) in [5.41, 5.74) is -0.381. The molecule has 0 N–H and O–H groups in total. The molecule has 1 aliphatic rings. The van der Waals surface area contributed by atoms with Crippen LogP contribution in [-0.4, -0.2) is 62.1 Å². The van der Waals surface area contributed by atoms with Gasteiger partial charge < -0.3 is 14.5 Å². The quantitative estimate of drug-likeness (QED) is 0.587. The van der Waals surface area contributed by atoms with Crippen LogP contribution in [0, 0.1) is 5.41 Å². The standard InChI is InChI=1S/C13H26N2O2.2ClH/c1-13(2,3)12(16)17-11-5-6-15-9-7-14(4)8-10-15;;/h5-11H2,1-4H3;2*1H. The fourth-order valence-electron chi connectivity index (χ4n) is 1.74. The van der Waals surface area contributed by atoms with Gasteiger partial charge in [0.2, 0.25) is 0 Å². The highest BCUT2D eigenvalue weighted by molar-refractivity contribution is 5.85. The molecule has 0 spiro atoms. The molecule has 0 aromatic carbocycles. The van der Waals surface area contributed by atoms with Gasteiger partial charge in [-0.25, -0.2) is 0 Å². The van der Waals surface area contributed by atoms with Crippen molar-refractivity contribution in [2.24, 2.45) is 5.41 Å². The second kappa shape index (κ2) is 9.81. The number of hydrogen-bond acceptors (Lipinski definition) is 4. The largest absolute Gasteiger partial charge is 0.465 e. The molecular weight excluding hydrogens is 287 g/mol. The van der Waals surface area contributed by atoms with Gasteiger partial charge in [-0.3, -0.25) is 4.79 Å². The van der Waals surface area contributed by atoms with Crippen molar-refractivity contribution in [2.45, 2.75) is 27.2 Å². The summed E-state index contributed by atoms with van der Waals surface area (Å²) in [5, 5.41) is 0. The first-order chi connectivity index (χ1) is 7.89. The molecule has 116 valence electrons. The van der Waals surface area contributed by atoms with E-state index in [-0.39, 0.29) is 36.2 Å². The van der Waals surface area contributed by atoms with Gasteiger partial charge >= 0.3 is 5.97 Å². The number of likely N-dealkylation sites (N-methyl/N-ethyl adjacent to an activating group) is 1. The van der Waals surface area contributed by atoms with E-state index >= 15 is 0 Å². The van der Waals surface area contributed by atoms with E-state index in [1.165, 1.54) is 0 Å². The molecule has 0 aromatic heterocycles. The Hall–Kier alpha value is -0.0300. The van der Waals surface area contributed by atoms with E-state index in [0.29, 0.717) is 6.61 Å². The number of hydrogen-bond donors (Lipinski definition) is 0. The van der Waals surface area contributed by atoms with Crippen molar-refractivity contribution in [1.29, 1.82) is 0 Å². The van der Waals surface area contributed by atoms with Crippen molar-refractivity contribution in [2.75, 3.05) is 46.4 Å². The Balaban J connectivity index is 0. The second-order valence-electron chi connectivity index (χ2n) is 5.88. The van der Waals surface area contributed by atoms with Gasteiger partial charge in [-0.05, 0) is 34.2 Å². The maximum atomic E-state index is 11.5. The molecule has 0 bridgehead atoms. The zero-order valence-corrected chi connectivity index (χ0v) is 14.1. The van der Waals surface area contributed by atoms with E-state index < -0.39 is 0 Å². The Kier molecular flexibility index (Phi) is 11.0. The van der Waals surface area contributed by atoms with E-state index in [9.17, 15) is 4.79 Å². The predicted molar refractivity (Wildman–Crippen MR) is 83.5 cm³/mol. The zero-order chi connectivity index (χ0) is 12.9. The topological polar surface area (TPSA) is 32.8 Å². The molecule has 1 fully saturated rings. The molecule has 1 aliphatic heterocycles. The molecule has 0 atom stereocenters. The third-order valence-corrected chi connectivity index (χ3v) is 3.06. The normalized spacial score (nSPS) is 17.3. The average Bonchev–Trinajstić information content (AvgIpc) is 2.25. The van der Waals surface area contributed by atoms with Gasteiger partial charge in [0.25, 0.3) is 0 Å². The minimum atomic E-state index is -0.381. The molecule has 6 heteroatoms. The maximum Gasteiger partial charge on any atom is 0.311 e. The lowest BCUT2D eigenvalue weighted by molar-refractivity contribution is -0.153. The minimum absolute atomic E-state index is 0. The van der Waals surface area contributed by atoms with Crippen LogP contribution in [0.5, 0.6) is 0 Å². The van der Waals surface area contributed by atoms with Crippen molar-refractivity contribution >= 4 is 30.8 Å². The zero-order valence-electron chi connectivity index (χ0n) is 12.5. The Morgan fingerprint density at radius 2 is 1.63 bits per heavy atom. The van der Waals surface area contributed by atoms with Crippen LogP contribution in [0.2, 0.25) is 0 Å². The molecule has 4 nitrogen and oxygen atoms in total. The molecule has 0 saturated carbocycles. The van der Waals surface area contributed by atoms with Crippen molar-refractivity contribution < 1.29 is 9.53 Å². The summed E-state index contributed by atoms with van der Waals surface area (Å²) in [4.78, 5) is 16.3. The third kappa shape index (κ3) is 8.69. The fraction of sp³-hybridized carbons (Fsp3) is 0.923. The SMILES string of the molecule is CN1CCN(CCCOC(=O)C(C)(C)C)CC1.Cl.Cl. The summed E-state index contributed by atoms with van der Waals surface area (Å²) < 4.78 is 5.24.